The average Bonchev–Trinajstić information content (AvgIpc) is 3.05. The lowest BCUT2D eigenvalue weighted by Gasteiger charge is -2.49. The summed E-state index contributed by atoms with van der Waals surface area (Å²) in [7, 11) is -1.80. The van der Waals surface area contributed by atoms with Gasteiger partial charge in [0, 0.05) is 5.54 Å². The second kappa shape index (κ2) is 8.09. The van der Waals surface area contributed by atoms with Gasteiger partial charge in [-0.25, -0.2) is 0 Å². The minimum Gasteiger partial charge on any atom is -0.332 e. The predicted molar refractivity (Wildman–Crippen MR) is 164 cm³/mol. The molecule has 4 atom stereocenters. The van der Waals surface area contributed by atoms with E-state index in [9.17, 15) is 0 Å². The van der Waals surface area contributed by atoms with Crippen molar-refractivity contribution in [3.63, 3.8) is 0 Å². The minimum atomic E-state index is -1.80. The van der Waals surface area contributed by atoms with E-state index < -0.39 is 8.24 Å². The highest BCUT2D eigenvalue weighted by molar-refractivity contribution is 6.76. The Morgan fingerprint density at radius 3 is 1.11 bits per heavy atom. The fraction of sp³-hybridized carbons (Fsp3) is 0.771. The molecule has 3 fully saturated rings. The Labute approximate surface area is 230 Å². The van der Waals surface area contributed by atoms with Gasteiger partial charge in [-0.2, -0.15) is 0 Å². The molecule has 0 aromatic rings. The van der Waals surface area contributed by atoms with Crippen molar-refractivity contribution in [2.24, 2.45) is 45.3 Å². The molecule has 1 nitrogen and oxygen atoms in total. The maximum Gasteiger partial charge on any atom is 0.124 e. The summed E-state index contributed by atoms with van der Waals surface area (Å²) >= 11 is 0. The molecule has 0 saturated heterocycles. The van der Waals surface area contributed by atoms with Crippen LogP contribution in [-0.2, 0) is 0 Å². The summed E-state index contributed by atoms with van der Waals surface area (Å²) in [5.74, 6) is 2.53. The van der Waals surface area contributed by atoms with Crippen LogP contribution in [0, 0.1) is 45.3 Å². The molecule has 206 valence electrons. The van der Waals surface area contributed by atoms with Crippen molar-refractivity contribution in [1.82, 2.24) is 4.98 Å². The van der Waals surface area contributed by atoms with Gasteiger partial charge in [0.25, 0.3) is 0 Å². The maximum atomic E-state index is 4.26. The maximum absolute atomic E-state index is 4.26. The van der Waals surface area contributed by atoms with Crippen molar-refractivity contribution in [2.75, 3.05) is 0 Å². The Kier molecular flexibility index (Phi) is 6.06. The van der Waals surface area contributed by atoms with Gasteiger partial charge in [0.05, 0.1) is 0 Å². The van der Waals surface area contributed by atoms with E-state index in [4.69, 9.17) is 0 Å². The third-order valence-electron chi connectivity index (χ3n) is 11.4. The molecular weight excluding hydrogens is 462 g/mol. The second-order valence-corrected chi connectivity index (χ2v) is 22.1. The zero-order valence-corrected chi connectivity index (χ0v) is 27.5. The van der Waals surface area contributed by atoms with Gasteiger partial charge in [-0.05, 0) is 120 Å². The molecule has 0 spiro atoms. The van der Waals surface area contributed by atoms with E-state index in [1.807, 2.05) is 0 Å². The highest BCUT2D eigenvalue weighted by atomic mass is 28.3. The van der Waals surface area contributed by atoms with Crippen molar-refractivity contribution in [3.05, 3.63) is 46.6 Å². The first-order valence-electron chi connectivity index (χ1n) is 15.4. The number of rotatable bonds is 2. The van der Waals surface area contributed by atoms with Gasteiger partial charge in [-0.15, -0.1) is 0 Å². The van der Waals surface area contributed by atoms with Gasteiger partial charge in [-0.1, -0.05) is 92.8 Å². The number of fused-ring (bicyclic) bond motifs is 5. The Hall–Kier alpha value is -0.863. The van der Waals surface area contributed by atoms with E-state index in [0.717, 1.165) is 0 Å². The van der Waals surface area contributed by atoms with Crippen LogP contribution in [0.5, 0.6) is 0 Å². The Bertz CT molecular complexity index is 1020. The summed E-state index contributed by atoms with van der Waals surface area (Å²) in [6.07, 6.45) is 16.6. The summed E-state index contributed by atoms with van der Waals surface area (Å²) in [5, 5.41) is 0. The average molecular weight is 520 g/mol. The molecule has 37 heavy (non-hydrogen) atoms. The van der Waals surface area contributed by atoms with E-state index in [0.29, 0.717) is 29.2 Å². The molecule has 2 heteroatoms. The smallest absolute Gasteiger partial charge is 0.124 e. The van der Waals surface area contributed by atoms with Crippen LogP contribution >= 0.6 is 0 Å². The highest BCUT2D eigenvalue weighted by Crippen LogP contribution is 2.66. The Balaban J connectivity index is 1.71. The van der Waals surface area contributed by atoms with Crippen LogP contribution < -0.4 is 4.98 Å². The fourth-order valence-corrected chi connectivity index (χ4v) is 14.1. The van der Waals surface area contributed by atoms with Crippen molar-refractivity contribution < 1.29 is 0 Å². The summed E-state index contributed by atoms with van der Waals surface area (Å²) in [5.41, 5.74) is 8.72. The van der Waals surface area contributed by atoms with Gasteiger partial charge < -0.3 is 4.98 Å². The third-order valence-corrected chi connectivity index (χ3v) is 15.2. The van der Waals surface area contributed by atoms with Gasteiger partial charge in [0.2, 0.25) is 0 Å². The first-order valence-corrected chi connectivity index (χ1v) is 18.4. The summed E-state index contributed by atoms with van der Waals surface area (Å²) < 4.78 is 0. The van der Waals surface area contributed by atoms with Crippen LogP contribution in [0.25, 0.3) is 0 Å². The van der Waals surface area contributed by atoms with E-state index in [2.05, 4.69) is 119 Å². The number of nitrogens with one attached hydrogen (secondary N) is 1. The molecule has 0 aromatic carbocycles. The van der Waals surface area contributed by atoms with Crippen LogP contribution in [0.4, 0.5) is 0 Å². The standard InChI is InChI=1S/C35H57NSi/c1-31(2,3)36-37(12,13)30-24-20-28-26(32(4,5)14-16-34(28,8)9)18-22(24)23-19-27-29(21-25(23)30)35(10,11)17-15-33(27,6)7/h18-25,30,36H,14-17H2,1-13H3. The first-order chi connectivity index (χ1) is 16.7. The molecule has 5 rings (SSSR count). The molecule has 0 radical (unpaired) electrons. The molecule has 0 bridgehead atoms. The van der Waals surface area contributed by atoms with Gasteiger partial charge >= 0.3 is 0 Å². The van der Waals surface area contributed by atoms with Crippen LogP contribution in [0.2, 0.25) is 18.6 Å². The van der Waals surface area contributed by atoms with E-state index >= 15 is 0 Å². The third kappa shape index (κ3) is 4.45. The Morgan fingerprint density at radius 1 is 0.568 bits per heavy atom. The zero-order valence-electron chi connectivity index (χ0n) is 26.5. The summed E-state index contributed by atoms with van der Waals surface area (Å²) in [6.45, 7) is 32.5. The molecule has 0 aliphatic heterocycles. The lowest BCUT2D eigenvalue weighted by Crippen LogP contribution is -2.59. The molecule has 5 aliphatic carbocycles. The number of allylic oxidation sites excluding steroid dienone is 8. The fourth-order valence-electron chi connectivity index (χ4n) is 9.41. The van der Waals surface area contributed by atoms with Crippen molar-refractivity contribution in [3.8, 4) is 0 Å². The summed E-state index contributed by atoms with van der Waals surface area (Å²) in [6, 6.07) is 0. The van der Waals surface area contributed by atoms with E-state index in [-0.39, 0.29) is 27.2 Å². The van der Waals surface area contributed by atoms with Gasteiger partial charge in [-0.3, -0.25) is 0 Å². The molecule has 0 aromatic heterocycles. The van der Waals surface area contributed by atoms with E-state index in [1.165, 1.54) is 25.7 Å². The number of hydrogen-bond donors (Lipinski definition) is 1. The topological polar surface area (TPSA) is 12.0 Å². The van der Waals surface area contributed by atoms with E-state index in [1.54, 1.807) is 22.3 Å². The van der Waals surface area contributed by atoms with Gasteiger partial charge in [0.1, 0.15) is 8.24 Å². The number of hydrogen-bond acceptors (Lipinski definition) is 1. The monoisotopic (exact) mass is 519 g/mol. The lowest BCUT2D eigenvalue weighted by molar-refractivity contribution is 0.244. The van der Waals surface area contributed by atoms with Crippen LogP contribution in [-0.4, -0.2) is 13.8 Å². The van der Waals surface area contributed by atoms with Crippen LogP contribution in [0.1, 0.15) is 102 Å². The first kappa shape index (κ1) is 27.7. The molecule has 0 heterocycles. The largest absolute Gasteiger partial charge is 0.332 e. The zero-order chi connectivity index (χ0) is 27.6. The predicted octanol–water partition coefficient (Wildman–Crippen LogP) is 9.85. The van der Waals surface area contributed by atoms with Gasteiger partial charge in [0.15, 0.2) is 0 Å². The molecule has 0 amide bonds. The normalized spacial score (nSPS) is 37.2. The minimum absolute atomic E-state index is 0.146. The van der Waals surface area contributed by atoms with Crippen molar-refractivity contribution >= 4 is 8.24 Å². The van der Waals surface area contributed by atoms with Crippen molar-refractivity contribution in [2.45, 2.75) is 126 Å². The molecule has 5 aliphatic rings. The van der Waals surface area contributed by atoms with Crippen molar-refractivity contribution in [1.29, 1.82) is 0 Å². The quantitative estimate of drug-likeness (QED) is 0.358. The molecule has 3 saturated carbocycles. The highest BCUT2D eigenvalue weighted by Gasteiger charge is 2.58. The Morgan fingerprint density at radius 2 is 0.838 bits per heavy atom. The summed E-state index contributed by atoms with van der Waals surface area (Å²) in [4.78, 5) is 4.26. The van der Waals surface area contributed by atoms with Crippen LogP contribution in [0.15, 0.2) is 46.6 Å². The second-order valence-electron chi connectivity index (χ2n) is 17.8. The lowest BCUT2D eigenvalue weighted by atomic mass is 9.56. The molecule has 4 unspecified atom stereocenters. The molecule has 1 N–H and O–H groups in total. The SMILES string of the molecule is CC(C)(C)N[Si](C)(C)C1C2C=C3C(=CC2C2C=C4C(=CC21)C(C)(C)CCC4(C)C)C(C)(C)CCC3(C)C. The van der Waals surface area contributed by atoms with Crippen LogP contribution in [0.3, 0.4) is 0 Å². The molecular formula is C35H57NSi.